The van der Waals surface area contributed by atoms with E-state index >= 15 is 0 Å². The van der Waals surface area contributed by atoms with Crippen LogP contribution in [0.25, 0.3) is 0 Å². The highest BCUT2D eigenvalue weighted by atomic mass is 35.5. The molecule has 0 amide bonds. The van der Waals surface area contributed by atoms with E-state index in [2.05, 4.69) is 41.5 Å². The first-order valence-electron chi connectivity index (χ1n) is 5.52. The molecule has 0 aromatic heterocycles. The van der Waals surface area contributed by atoms with E-state index in [1.807, 2.05) is 0 Å². The molecular formula is C13H20ClOP. The predicted molar refractivity (Wildman–Crippen MR) is 72.1 cm³/mol. The van der Waals surface area contributed by atoms with Gasteiger partial charge in [-0.3, -0.25) is 4.79 Å². The van der Waals surface area contributed by atoms with E-state index in [9.17, 15) is 4.79 Å². The second-order valence-electron chi connectivity index (χ2n) is 6.24. The number of carbonyl (C=O) groups is 1. The molecule has 0 heterocycles. The molecule has 0 bridgehead atoms. The van der Waals surface area contributed by atoms with Gasteiger partial charge in [-0.05, 0) is 30.2 Å². The molecule has 3 heteroatoms. The van der Waals surface area contributed by atoms with Gasteiger partial charge in [0.15, 0.2) is 5.52 Å². The topological polar surface area (TPSA) is 17.1 Å². The maximum atomic E-state index is 11.4. The molecule has 0 unspecified atom stereocenters. The van der Waals surface area contributed by atoms with Crippen molar-refractivity contribution in [2.24, 2.45) is 0 Å². The van der Waals surface area contributed by atoms with Crippen LogP contribution in [-0.4, -0.2) is 11.4 Å². The van der Waals surface area contributed by atoms with Gasteiger partial charge in [-0.2, -0.15) is 0 Å². The average molecular weight is 259 g/mol. The average Bonchev–Trinajstić information content (AvgIpc) is 2.76. The van der Waals surface area contributed by atoms with Crippen LogP contribution in [0.3, 0.4) is 0 Å². The maximum Gasteiger partial charge on any atom is 0.196 e. The molecule has 1 nitrogen and oxygen atoms in total. The van der Waals surface area contributed by atoms with Gasteiger partial charge in [0.25, 0.3) is 0 Å². The quantitative estimate of drug-likeness (QED) is 0.568. The molecule has 0 saturated heterocycles. The van der Waals surface area contributed by atoms with Crippen LogP contribution in [0.15, 0.2) is 0 Å². The summed E-state index contributed by atoms with van der Waals surface area (Å²) in [5.74, 6) is 0.111. The lowest BCUT2D eigenvalue weighted by Gasteiger charge is -2.18. The minimum Gasteiger partial charge on any atom is -0.288 e. The Morgan fingerprint density at radius 3 is 1.69 bits per heavy atom. The van der Waals surface area contributed by atoms with Gasteiger partial charge in [-0.15, -0.1) is 11.6 Å². The maximum absolute atomic E-state index is 11.4. The number of alkyl halides is 1. The molecule has 1 aromatic rings. The fourth-order valence-electron chi connectivity index (χ4n) is 1.90. The lowest BCUT2D eigenvalue weighted by Crippen LogP contribution is -2.12. The summed E-state index contributed by atoms with van der Waals surface area (Å²) in [5.41, 5.74) is 3.12. The van der Waals surface area contributed by atoms with Crippen molar-refractivity contribution in [3.05, 3.63) is 16.1 Å². The predicted octanol–water partition coefficient (Wildman–Crippen LogP) is 4.40. The van der Waals surface area contributed by atoms with E-state index in [1.54, 1.807) is 0 Å². The summed E-state index contributed by atoms with van der Waals surface area (Å²) in [6.45, 7) is 13.2. The van der Waals surface area contributed by atoms with Gasteiger partial charge in [-0.25, -0.2) is 0 Å². The van der Waals surface area contributed by atoms with Crippen molar-refractivity contribution in [1.82, 2.24) is 0 Å². The molecule has 90 valence electrons. The van der Waals surface area contributed by atoms with Crippen molar-refractivity contribution >= 4 is 25.3 Å². The minimum absolute atomic E-state index is 0.0951. The molecule has 0 aliphatic rings. The van der Waals surface area contributed by atoms with Crippen molar-refractivity contribution in [2.75, 3.05) is 5.88 Å². The van der Waals surface area contributed by atoms with Crippen LogP contribution in [-0.2, 0) is 15.6 Å². The van der Waals surface area contributed by atoms with Gasteiger partial charge in [0.05, 0.1) is 5.88 Å². The van der Waals surface area contributed by atoms with E-state index < -0.39 is 0 Å². The summed E-state index contributed by atoms with van der Waals surface area (Å²) in [7, 11) is 0.780. The number of halogens is 1. The molecule has 0 aliphatic carbocycles. The van der Waals surface area contributed by atoms with Gasteiger partial charge in [-0.1, -0.05) is 41.5 Å². The molecule has 1 aromatic carbocycles. The third-order valence-electron chi connectivity index (χ3n) is 2.51. The highest BCUT2D eigenvalue weighted by molar-refractivity contribution is 7.51. The van der Waals surface area contributed by atoms with E-state index in [-0.39, 0.29) is 22.2 Å². The zero-order valence-electron chi connectivity index (χ0n) is 10.9. The Morgan fingerprint density at radius 2 is 1.44 bits per heavy atom. The van der Waals surface area contributed by atoms with Gasteiger partial charge >= 0.3 is 0 Å². The molecule has 0 aliphatic heterocycles. The monoisotopic (exact) mass is 258 g/mol. The first-order valence-corrected chi connectivity index (χ1v) is 6.95. The molecule has 0 radical (unpaired) electrons. The summed E-state index contributed by atoms with van der Waals surface area (Å²) in [6.07, 6.45) is 0. The molecule has 0 N–H and O–H groups in total. The third kappa shape index (κ3) is 2.96. The van der Waals surface area contributed by atoms with Crippen LogP contribution < -0.4 is 0 Å². The second kappa shape index (κ2) is 4.27. The lowest BCUT2D eigenvalue weighted by molar-refractivity contribution is -0.109. The lowest BCUT2D eigenvalue weighted by atomic mass is 9.86. The van der Waals surface area contributed by atoms with Crippen molar-refractivity contribution in [3.8, 4) is 0 Å². The van der Waals surface area contributed by atoms with E-state index in [0.29, 0.717) is 0 Å². The van der Waals surface area contributed by atoms with Gasteiger partial charge in [0, 0.05) is 4.94 Å². The van der Waals surface area contributed by atoms with Crippen LogP contribution in [0.5, 0.6) is 0 Å². The molecule has 0 fully saturated rings. The molecule has 0 saturated carbocycles. The van der Waals surface area contributed by atoms with Crippen molar-refractivity contribution in [3.63, 3.8) is 0 Å². The van der Waals surface area contributed by atoms with Crippen LogP contribution in [0.2, 0.25) is 0 Å². The van der Waals surface area contributed by atoms with Gasteiger partial charge < -0.3 is 0 Å². The second-order valence-corrected chi connectivity index (χ2v) is 7.67. The highest BCUT2D eigenvalue weighted by Gasteiger charge is 2.35. The summed E-state index contributed by atoms with van der Waals surface area (Å²) < 4.78 is 0. The fourth-order valence-corrected chi connectivity index (χ4v) is 3.45. The van der Waals surface area contributed by atoms with Crippen LogP contribution in [0.1, 0.15) is 52.7 Å². The SMILES string of the molecule is CC(C)(C)c1c(C(C)(C)C)c1=PC(=O)CCl. The number of rotatable bonds is 2. The summed E-state index contributed by atoms with van der Waals surface area (Å²) in [4.78, 5) is 12.6. The fraction of sp³-hybridized carbons (Fsp3) is 0.692. The van der Waals surface area contributed by atoms with Crippen LogP contribution in [0.4, 0.5) is 0 Å². The Bertz CT molecular complexity index is 394. The minimum atomic E-state index is 0.0951. The Morgan fingerprint density at radius 1 is 1.06 bits per heavy atom. The van der Waals surface area contributed by atoms with Gasteiger partial charge in [0.1, 0.15) is 0 Å². The molecule has 1 rings (SSSR count). The molecule has 0 spiro atoms. The summed E-state index contributed by atoms with van der Waals surface area (Å²) in [5, 5.41) is 0. The van der Waals surface area contributed by atoms with Gasteiger partial charge in [0.2, 0.25) is 0 Å². The van der Waals surface area contributed by atoms with E-state index in [1.165, 1.54) is 16.1 Å². The van der Waals surface area contributed by atoms with Crippen molar-refractivity contribution in [2.45, 2.75) is 52.4 Å². The van der Waals surface area contributed by atoms with E-state index in [4.69, 9.17) is 11.6 Å². The molecule has 0 atom stereocenters. The van der Waals surface area contributed by atoms with E-state index in [0.717, 1.165) is 8.20 Å². The van der Waals surface area contributed by atoms with Crippen molar-refractivity contribution in [1.29, 1.82) is 0 Å². The number of hydrogen-bond donors (Lipinski definition) is 0. The zero-order valence-corrected chi connectivity index (χ0v) is 12.6. The normalized spacial score (nSPS) is 13.7. The number of carbonyl (C=O) groups excluding carboxylic acids is 1. The zero-order chi connectivity index (χ0) is 12.7. The summed E-state index contributed by atoms with van der Waals surface area (Å²) >= 11 is 5.56. The molecule has 16 heavy (non-hydrogen) atoms. The summed E-state index contributed by atoms with van der Waals surface area (Å²) in [6, 6.07) is 0. The van der Waals surface area contributed by atoms with Crippen LogP contribution in [0, 0.1) is 4.94 Å². The Kier molecular flexibility index (Phi) is 3.72. The van der Waals surface area contributed by atoms with Crippen LogP contribution >= 0.6 is 19.8 Å². The largest absolute Gasteiger partial charge is 0.288 e. The Hall–Kier alpha value is -0.130. The third-order valence-corrected chi connectivity index (χ3v) is 4.02. The first kappa shape index (κ1) is 13.9. The Balaban J connectivity index is 3.22. The smallest absolute Gasteiger partial charge is 0.196 e. The highest BCUT2D eigenvalue weighted by Crippen LogP contribution is 2.46. The standard InChI is InChI=1S/C13H20ClOP/c1-12(2,3)9-10(13(4,5)6)11(9)16-8(15)7-14/h7H2,1-6H3. The number of hydrogen-bond acceptors (Lipinski definition) is 1. The first-order chi connectivity index (χ1) is 7.09. The van der Waals surface area contributed by atoms with Crippen molar-refractivity contribution < 1.29 is 4.79 Å². The molecular weight excluding hydrogens is 239 g/mol. The Labute approximate surface area is 105 Å².